The van der Waals surface area contributed by atoms with Gasteiger partial charge in [0, 0.05) is 20.6 Å². The Bertz CT molecular complexity index is 975. The zero-order valence-corrected chi connectivity index (χ0v) is 18.4. The lowest BCUT2D eigenvalue weighted by Gasteiger charge is -2.19. The van der Waals surface area contributed by atoms with Crippen LogP contribution in [0.3, 0.4) is 0 Å². The molecule has 0 heterocycles. The van der Waals surface area contributed by atoms with Crippen LogP contribution in [0, 0.1) is 13.8 Å². The molecular weight excluding hydrogens is 398 g/mol. The summed E-state index contributed by atoms with van der Waals surface area (Å²) in [7, 11) is 1.14. The highest BCUT2D eigenvalue weighted by Gasteiger charge is 2.19. The van der Waals surface area contributed by atoms with Gasteiger partial charge in [-0.05, 0) is 50.2 Å². The van der Waals surface area contributed by atoms with Gasteiger partial charge in [0.15, 0.2) is 0 Å². The number of hydrogen-bond donors (Lipinski definition) is 1. The minimum atomic E-state index is -3.61. The fourth-order valence-corrected chi connectivity index (χ4v) is 3.87. The SMILES string of the molecule is Cc1ccc(CN(C)CC(=O)Nc2cc(S(=O)(=O)N(C)C)ccc2Cl)c(C)c1. The predicted molar refractivity (Wildman–Crippen MR) is 113 cm³/mol. The molecule has 0 saturated carbocycles. The minimum Gasteiger partial charge on any atom is -0.324 e. The molecule has 1 amide bonds. The first kappa shape index (κ1) is 22.4. The zero-order chi connectivity index (χ0) is 21.1. The molecule has 1 N–H and O–H groups in total. The lowest BCUT2D eigenvalue weighted by atomic mass is 10.1. The molecule has 0 aliphatic heterocycles. The van der Waals surface area contributed by atoms with E-state index in [0.717, 1.165) is 9.87 Å². The summed E-state index contributed by atoms with van der Waals surface area (Å²) in [5.74, 6) is -0.270. The molecule has 6 nitrogen and oxygen atoms in total. The molecule has 2 aromatic rings. The first-order chi connectivity index (χ1) is 13.0. The Hall–Kier alpha value is -1.93. The molecule has 0 fully saturated rings. The number of halogens is 1. The monoisotopic (exact) mass is 423 g/mol. The third-order valence-electron chi connectivity index (χ3n) is 4.34. The zero-order valence-electron chi connectivity index (χ0n) is 16.8. The summed E-state index contributed by atoms with van der Waals surface area (Å²) in [5.41, 5.74) is 3.80. The first-order valence-electron chi connectivity index (χ1n) is 8.77. The molecule has 2 aromatic carbocycles. The van der Waals surface area contributed by atoms with Crippen molar-refractivity contribution in [2.24, 2.45) is 0 Å². The van der Waals surface area contributed by atoms with Crippen molar-refractivity contribution in [2.75, 3.05) is 33.0 Å². The largest absolute Gasteiger partial charge is 0.324 e. The van der Waals surface area contributed by atoms with Crippen molar-refractivity contribution in [3.05, 3.63) is 58.1 Å². The minimum absolute atomic E-state index is 0.0702. The van der Waals surface area contributed by atoms with E-state index < -0.39 is 10.0 Å². The summed E-state index contributed by atoms with van der Waals surface area (Å²) >= 11 is 6.14. The molecule has 8 heteroatoms. The summed E-state index contributed by atoms with van der Waals surface area (Å²) in [4.78, 5) is 14.4. The number of sulfonamides is 1. The lowest BCUT2D eigenvalue weighted by molar-refractivity contribution is -0.117. The first-order valence-corrected chi connectivity index (χ1v) is 10.6. The van der Waals surface area contributed by atoms with Crippen LogP contribution < -0.4 is 5.32 Å². The number of hydrogen-bond acceptors (Lipinski definition) is 4. The Kier molecular flexibility index (Phi) is 7.22. The molecule has 0 spiro atoms. The maximum absolute atomic E-state index is 12.4. The fraction of sp³-hybridized carbons (Fsp3) is 0.350. The van der Waals surface area contributed by atoms with Gasteiger partial charge in [0.05, 0.1) is 22.2 Å². The second kappa shape index (κ2) is 9.05. The highest BCUT2D eigenvalue weighted by atomic mass is 35.5. The van der Waals surface area contributed by atoms with E-state index in [1.807, 2.05) is 31.9 Å². The van der Waals surface area contributed by atoms with Crippen LogP contribution in [-0.4, -0.2) is 51.2 Å². The van der Waals surface area contributed by atoms with E-state index in [2.05, 4.69) is 17.4 Å². The maximum atomic E-state index is 12.4. The molecular formula is C20H26ClN3O3S. The molecule has 2 rings (SSSR count). The van der Waals surface area contributed by atoms with Crippen LogP contribution in [0.2, 0.25) is 5.02 Å². The number of likely N-dealkylation sites (N-methyl/N-ethyl adjacent to an activating group) is 1. The van der Waals surface area contributed by atoms with Crippen LogP contribution in [-0.2, 0) is 21.4 Å². The van der Waals surface area contributed by atoms with E-state index in [-0.39, 0.29) is 28.1 Å². The molecule has 0 atom stereocenters. The highest BCUT2D eigenvalue weighted by molar-refractivity contribution is 7.89. The fourth-order valence-electron chi connectivity index (χ4n) is 2.78. The quantitative estimate of drug-likeness (QED) is 0.741. The third kappa shape index (κ3) is 5.54. The van der Waals surface area contributed by atoms with E-state index in [0.29, 0.717) is 6.54 Å². The van der Waals surface area contributed by atoms with Crippen molar-refractivity contribution in [2.45, 2.75) is 25.3 Å². The van der Waals surface area contributed by atoms with Gasteiger partial charge in [-0.1, -0.05) is 35.4 Å². The van der Waals surface area contributed by atoms with Gasteiger partial charge < -0.3 is 5.32 Å². The van der Waals surface area contributed by atoms with Gasteiger partial charge in [-0.2, -0.15) is 0 Å². The molecule has 0 radical (unpaired) electrons. The van der Waals surface area contributed by atoms with Crippen molar-refractivity contribution in [1.29, 1.82) is 0 Å². The van der Waals surface area contributed by atoms with Crippen LogP contribution >= 0.6 is 11.6 Å². The molecule has 152 valence electrons. The standard InChI is InChI=1S/C20H26ClN3O3S/c1-14-6-7-16(15(2)10-14)12-24(5)13-20(25)22-19-11-17(8-9-18(19)21)28(26,27)23(3)4/h6-11H,12-13H2,1-5H3,(H,22,25). The topological polar surface area (TPSA) is 69.7 Å². The van der Waals surface area contributed by atoms with Crippen LogP contribution in [0.5, 0.6) is 0 Å². The number of rotatable bonds is 7. The summed E-state index contributed by atoms with van der Waals surface area (Å²) in [5, 5.41) is 2.99. The number of carbonyl (C=O) groups excluding carboxylic acids is 1. The molecule has 0 aromatic heterocycles. The second-order valence-corrected chi connectivity index (χ2v) is 9.64. The highest BCUT2D eigenvalue weighted by Crippen LogP contribution is 2.26. The van der Waals surface area contributed by atoms with Crippen LogP contribution in [0.25, 0.3) is 0 Å². The van der Waals surface area contributed by atoms with Crippen LogP contribution in [0.4, 0.5) is 5.69 Å². The lowest BCUT2D eigenvalue weighted by Crippen LogP contribution is -2.30. The van der Waals surface area contributed by atoms with Crippen LogP contribution in [0.1, 0.15) is 16.7 Å². The van der Waals surface area contributed by atoms with Crippen molar-refractivity contribution in [3.63, 3.8) is 0 Å². The van der Waals surface area contributed by atoms with Crippen molar-refractivity contribution in [3.8, 4) is 0 Å². The van der Waals surface area contributed by atoms with Gasteiger partial charge in [0.25, 0.3) is 0 Å². The average Bonchev–Trinajstić information content (AvgIpc) is 2.59. The molecule has 0 bridgehead atoms. The van der Waals surface area contributed by atoms with Crippen molar-refractivity contribution < 1.29 is 13.2 Å². The molecule has 0 unspecified atom stereocenters. The summed E-state index contributed by atoms with van der Waals surface area (Å²) < 4.78 is 25.7. The van der Waals surface area contributed by atoms with E-state index in [4.69, 9.17) is 11.6 Å². The number of amides is 1. The van der Waals surface area contributed by atoms with Crippen molar-refractivity contribution >= 4 is 33.2 Å². The van der Waals surface area contributed by atoms with Gasteiger partial charge in [0.2, 0.25) is 15.9 Å². The summed E-state index contributed by atoms with van der Waals surface area (Å²) in [6, 6.07) is 10.5. The normalized spacial score (nSPS) is 11.9. The number of aryl methyl sites for hydroxylation is 2. The Labute approximate surface area is 172 Å². The average molecular weight is 424 g/mol. The Balaban J connectivity index is 2.08. The third-order valence-corrected chi connectivity index (χ3v) is 6.48. The number of nitrogens with one attached hydrogen (secondary N) is 1. The molecule has 0 saturated heterocycles. The second-order valence-electron chi connectivity index (χ2n) is 7.08. The Morgan fingerprint density at radius 3 is 2.36 bits per heavy atom. The molecule has 0 aliphatic rings. The predicted octanol–water partition coefficient (Wildman–Crippen LogP) is 3.28. The van der Waals surface area contributed by atoms with E-state index in [9.17, 15) is 13.2 Å². The van der Waals surface area contributed by atoms with Crippen molar-refractivity contribution in [1.82, 2.24) is 9.21 Å². The molecule has 0 aliphatic carbocycles. The van der Waals surface area contributed by atoms with Gasteiger partial charge >= 0.3 is 0 Å². The van der Waals surface area contributed by atoms with Gasteiger partial charge in [0.1, 0.15) is 0 Å². The smallest absolute Gasteiger partial charge is 0.242 e. The van der Waals surface area contributed by atoms with Gasteiger partial charge in [-0.3, -0.25) is 9.69 Å². The van der Waals surface area contributed by atoms with E-state index in [1.54, 1.807) is 0 Å². The number of benzene rings is 2. The van der Waals surface area contributed by atoms with Gasteiger partial charge in [-0.25, -0.2) is 12.7 Å². The number of nitrogens with zero attached hydrogens (tertiary/aromatic N) is 2. The molecule has 28 heavy (non-hydrogen) atoms. The Morgan fingerprint density at radius 2 is 1.75 bits per heavy atom. The van der Waals surface area contributed by atoms with E-state index in [1.165, 1.54) is 43.4 Å². The Morgan fingerprint density at radius 1 is 1.07 bits per heavy atom. The maximum Gasteiger partial charge on any atom is 0.242 e. The van der Waals surface area contributed by atoms with Gasteiger partial charge in [-0.15, -0.1) is 0 Å². The number of carbonyl (C=O) groups is 1. The number of anilines is 1. The summed E-state index contributed by atoms with van der Waals surface area (Å²) in [6.07, 6.45) is 0. The summed E-state index contributed by atoms with van der Waals surface area (Å²) in [6.45, 7) is 4.87. The van der Waals surface area contributed by atoms with Crippen LogP contribution in [0.15, 0.2) is 41.3 Å². The van der Waals surface area contributed by atoms with E-state index >= 15 is 0 Å².